The van der Waals surface area contributed by atoms with Gasteiger partial charge in [-0.1, -0.05) is 50.6 Å². The van der Waals surface area contributed by atoms with Crippen molar-refractivity contribution in [3.63, 3.8) is 0 Å². The molecule has 1 saturated heterocycles. The van der Waals surface area contributed by atoms with Gasteiger partial charge in [0.2, 0.25) is 0 Å². The molecule has 0 bridgehead atoms. The molecular weight excluding hydrogens is 455 g/mol. The first-order chi connectivity index (χ1) is 17.5. The molecule has 8 nitrogen and oxygen atoms in total. The minimum absolute atomic E-state index is 0.0426. The summed E-state index contributed by atoms with van der Waals surface area (Å²) in [6, 6.07) is 9.01. The molecule has 36 heavy (non-hydrogen) atoms. The molecule has 1 fully saturated rings. The Morgan fingerprint density at radius 3 is 2.53 bits per heavy atom. The number of carbonyl (C=O) groups is 2. The Bertz CT molecular complexity index is 924. The van der Waals surface area contributed by atoms with E-state index in [1.54, 1.807) is 0 Å². The van der Waals surface area contributed by atoms with Gasteiger partial charge in [0, 0.05) is 43.8 Å². The number of hydrogen-bond donors (Lipinski definition) is 2. The molecule has 1 aliphatic heterocycles. The molecule has 1 aromatic carbocycles. The number of nitrogens with one attached hydrogen (secondary N) is 1. The summed E-state index contributed by atoms with van der Waals surface area (Å²) >= 11 is 0. The molecule has 0 unspecified atom stereocenters. The molecule has 0 radical (unpaired) electrons. The summed E-state index contributed by atoms with van der Waals surface area (Å²) in [4.78, 5) is 34.5. The molecule has 3 N–H and O–H groups in total. The monoisotopic (exact) mass is 494 g/mol. The summed E-state index contributed by atoms with van der Waals surface area (Å²) in [6.45, 7) is 6.23. The van der Waals surface area contributed by atoms with Crippen LogP contribution in [0, 0.1) is 11.8 Å². The average Bonchev–Trinajstić information content (AvgIpc) is 2.89. The maximum atomic E-state index is 13.6. The number of hydrogen-bond acceptors (Lipinski definition) is 7. The molecule has 194 valence electrons. The van der Waals surface area contributed by atoms with Crippen LogP contribution in [0.3, 0.4) is 0 Å². The lowest BCUT2D eigenvalue weighted by Gasteiger charge is -2.32. The van der Waals surface area contributed by atoms with Crippen LogP contribution >= 0.6 is 0 Å². The zero-order valence-corrected chi connectivity index (χ0v) is 21.5. The Morgan fingerprint density at radius 2 is 1.89 bits per heavy atom. The lowest BCUT2D eigenvalue weighted by Crippen LogP contribution is -2.45. The predicted octanol–water partition coefficient (Wildman–Crippen LogP) is 3.47. The second-order valence-corrected chi connectivity index (χ2v) is 10.1. The van der Waals surface area contributed by atoms with Gasteiger partial charge < -0.3 is 20.4 Å². The van der Waals surface area contributed by atoms with Crippen molar-refractivity contribution >= 4 is 18.8 Å². The third-order valence-corrected chi connectivity index (χ3v) is 6.45. The summed E-state index contributed by atoms with van der Waals surface area (Å²) in [6.07, 6.45) is 8.93. The largest absolute Gasteiger partial charge is 0.460 e. The van der Waals surface area contributed by atoms with E-state index in [0.29, 0.717) is 38.0 Å². The van der Waals surface area contributed by atoms with Gasteiger partial charge in [-0.2, -0.15) is 0 Å². The van der Waals surface area contributed by atoms with Gasteiger partial charge in [0.25, 0.3) is 5.91 Å². The molecule has 0 saturated carbocycles. The number of nitrogens with two attached hydrogens (primary N) is 1. The Morgan fingerprint density at radius 1 is 1.14 bits per heavy atom. The van der Waals surface area contributed by atoms with Gasteiger partial charge in [-0.15, -0.1) is 0 Å². The van der Waals surface area contributed by atoms with Gasteiger partial charge in [-0.25, -0.2) is 4.98 Å². The number of unbranched alkanes of at least 4 members (excludes halogenated alkanes) is 1. The lowest BCUT2D eigenvalue weighted by atomic mass is 9.64. The van der Waals surface area contributed by atoms with E-state index < -0.39 is 19.1 Å². The van der Waals surface area contributed by atoms with Gasteiger partial charge in [-0.05, 0) is 43.7 Å². The van der Waals surface area contributed by atoms with Crippen LogP contribution in [0.25, 0.3) is 0 Å². The Balaban J connectivity index is 1.68. The Labute approximate surface area is 214 Å². The third kappa shape index (κ3) is 9.11. The number of ketones is 1. The van der Waals surface area contributed by atoms with E-state index in [-0.39, 0.29) is 23.7 Å². The molecule has 1 aromatic heterocycles. The maximum absolute atomic E-state index is 13.6. The van der Waals surface area contributed by atoms with Crippen LogP contribution in [-0.2, 0) is 20.5 Å². The van der Waals surface area contributed by atoms with E-state index in [4.69, 9.17) is 15.0 Å². The maximum Gasteiger partial charge on any atom is 0.460 e. The quantitative estimate of drug-likeness (QED) is 0.305. The van der Waals surface area contributed by atoms with E-state index in [0.717, 1.165) is 31.2 Å². The minimum Gasteiger partial charge on any atom is -0.411 e. The first-order valence-corrected chi connectivity index (χ1v) is 13.0. The first kappa shape index (κ1) is 28.0. The number of aromatic nitrogens is 2. The van der Waals surface area contributed by atoms with Gasteiger partial charge in [0.15, 0.2) is 5.78 Å². The highest BCUT2D eigenvalue weighted by Gasteiger charge is 2.38. The van der Waals surface area contributed by atoms with E-state index in [2.05, 4.69) is 29.1 Å². The van der Waals surface area contributed by atoms with Crippen molar-refractivity contribution in [2.75, 3.05) is 19.8 Å². The van der Waals surface area contributed by atoms with Gasteiger partial charge in [-0.3, -0.25) is 14.6 Å². The molecule has 0 spiro atoms. The molecule has 2 heterocycles. The fourth-order valence-corrected chi connectivity index (χ4v) is 4.61. The first-order valence-electron chi connectivity index (χ1n) is 13.0. The standard InChI is InChI=1S/C27H39BN4O4/c1-20(2)14-23(28-35-18-22(19-36-28)10-6-7-11-29)16-26(33)24(15-21-8-4-3-5-9-21)32-27(34)25-17-30-12-13-31-25/h3-5,8-9,12-13,17,20,22-24H,6-7,10-11,14-16,18-19,29H2,1-2H3,(H,32,34)/t23-,24+/m1/s1. The zero-order valence-electron chi connectivity index (χ0n) is 21.5. The van der Waals surface area contributed by atoms with Crippen molar-refractivity contribution in [3.05, 3.63) is 60.2 Å². The van der Waals surface area contributed by atoms with Gasteiger partial charge in [0.1, 0.15) is 5.69 Å². The summed E-state index contributed by atoms with van der Waals surface area (Å²) in [7, 11) is -0.421. The summed E-state index contributed by atoms with van der Waals surface area (Å²) in [5.41, 5.74) is 6.76. The topological polar surface area (TPSA) is 116 Å². The van der Waals surface area contributed by atoms with Crippen molar-refractivity contribution in [1.29, 1.82) is 0 Å². The van der Waals surface area contributed by atoms with Crippen LogP contribution in [0.4, 0.5) is 0 Å². The average molecular weight is 494 g/mol. The molecule has 3 rings (SSSR count). The van der Waals surface area contributed by atoms with Gasteiger partial charge in [0.05, 0.1) is 12.2 Å². The molecule has 2 aromatic rings. The van der Waals surface area contributed by atoms with Crippen LogP contribution in [-0.4, -0.2) is 54.6 Å². The number of benzene rings is 1. The molecule has 9 heteroatoms. The Kier molecular flexibility index (Phi) is 11.5. The van der Waals surface area contributed by atoms with Crippen LogP contribution in [0.5, 0.6) is 0 Å². The number of Topliss-reactive ketones (excluding diaryl/α,β-unsaturated/α-hetero) is 1. The molecule has 0 aliphatic carbocycles. The summed E-state index contributed by atoms with van der Waals surface area (Å²) < 4.78 is 12.2. The van der Waals surface area contributed by atoms with E-state index in [1.165, 1.54) is 18.6 Å². The molecule has 1 amide bonds. The molecule has 1 aliphatic rings. The fourth-order valence-electron chi connectivity index (χ4n) is 4.61. The van der Waals surface area contributed by atoms with Crippen molar-refractivity contribution in [2.24, 2.45) is 17.6 Å². The van der Waals surface area contributed by atoms with Crippen molar-refractivity contribution in [1.82, 2.24) is 15.3 Å². The third-order valence-electron chi connectivity index (χ3n) is 6.45. The Hall–Kier alpha value is -2.62. The van der Waals surface area contributed by atoms with Crippen LogP contribution in [0.15, 0.2) is 48.9 Å². The summed E-state index contributed by atoms with van der Waals surface area (Å²) in [5, 5.41) is 2.90. The number of amides is 1. The highest BCUT2D eigenvalue weighted by Crippen LogP contribution is 2.30. The second-order valence-electron chi connectivity index (χ2n) is 10.1. The van der Waals surface area contributed by atoms with Crippen LogP contribution in [0.2, 0.25) is 5.82 Å². The highest BCUT2D eigenvalue weighted by molar-refractivity contribution is 6.47. The SMILES string of the molecule is CC(C)C[C@H](CC(=O)[C@H](Cc1ccccc1)NC(=O)c1cnccn1)B1OCC(CCCCN)CO1. The van der Waals surface area contributed by atoms with Crippen molar-refractivity contribution < 1.29 is 18.9 Å². The minimum atomic E-state index is -0.691. The molecular formula is C27H39BN4O4. The van der Waals surface area contributed by atoms with Gasteiger partial charge >= 0.3 is 7.12 Å². The summed E-state index contributed by atoms with van der Waals surface area (Å²) in [5.74, 6) is 0.191. The number of rotatable bonds is 14. The number of carbonyl (C=O) groups excluding carboxylic acids is 2. The molecule has 2 atom stereocenters. The van der Waals surface area contributed by atoms with E-state index in [1.807, 2.05) is 30.3 Å². The second kappa shape index (κ2) is 14.8. The highest BCUT2D eigenvalue weighted by atomic mass is 16.6. The van der Waals surface area contributed by atoms with Crippen LogP contribution in [0.1, 0.15) is 62.0 Å². The fraction of sp³-hybridized carbons (Fsp3) is 0.556. The predicted molar refractivity (Wildman–Crippen MR) is 140 cm³/mol. The van der Waals surface area contributed by atoms with Crippen molar-refractivity contribution in [2.45, 2.75) is 64.2 Å². The lowest BCUT2D eigenvalue weighted by molar-refractivity contribution is -0.121. The normalized spacial score (nSPS) is 16.1. The van der Waals surface area contributed by atoms with Crippen LogP contribution < -0.4 is 11.1 Å². The van der Waals surface area contributed by atoms with E-state index >= 15 is 0 Å². The smallest absolute Gasteiger partial charge is 0.411 e. The van der Waals surface area contributed by atoms with E-state index in [9.17, 15) is 9.59 Å². The number of nitrogens with zero attached hydrogens (tertiary/aromatic N) is 2. The zero-order chi connectivity index (χ0) is 25.8. The van der Waals surface area contributed by atoms with Crippen molar-refractivity contribution in [3.8, 4) is 0 Å².